The molecule has 33 heavy (non-hydrogen) atoms. The Balaban J connectivity index is 2.29. The molecule has 180 valence electrons. The van der Waals surface area contributed by atoms with E-state index in [4.69, 9.17) is 0 Å². The van der Waals surface area contributed by atoms with Crippen LogP contribution in [0.25, 0.3) is 0 Å². The van der Waals surface area contributed by atoms with Gasteiger partial charge in [0.2, 0.25) is 21.8 Å². The van der Waals surface area contributed by atoms with E-state index in [1.54, 1.807) is 12.1 Å². The number of nitrogens with zero attached hydrogens (tertiary/aromatic N) is 2. The van der Waals surface area contributed by atoms with E-state index in [9.17, 15) is 18.0 Å². The quantitative estimate of drug-likeness (QED) is 0.543. The van der Waals surface area contributed by atoms with E-state index in [1.165, 1.54) is 24.1 Å². The fourth-order valence-corrected chi connectivity index (χ4v) is 4.55. The third kappa shape index (κ3) is 7.14. The van der Waals surface area contributed by atoms with Crippen LogP contribution in [0, 0.1) is 13.8 Å². The zero-order valence-corrected chi connectivity index (χ0v) is 21.0. The topological polar surface area (TPSA) is 86.8 Å². The standard InChI is InChI=1S/C25H35N3O4S/c1-6-16-26-25(30)23(7-2)28(17-21-12-8-19(3)9-13-21)24(29)18-27(5)33(31,32)22-14-10-20(4)11-15-22/h8-15,23H,6-7,16-18H2,1-5H3,(H,26,30)/t23-/m1/s1. The molecule has 2 amide bonds. The van der Waals surface area contributed by atoms with Crippen LogP contribution in [0.5, 0.6) is 0 Å². The molecule has 0 aliphatic carbocycles. The summed E-state index contributed by atoms with van der Waals surface area (Å²) in [6.07, 6.45) is 1.20. The Hall–Kier alpha value is -2.71. The average Bonchev–Trinajstić information content (AvgIpc) is 2.78. The van der Waals surface area contributed by atoms with E-state index in [1.807, 2.05) is 52.0 Å². The zero-order chi connectivity index (χ0) is 24.6. The minimum atomic E-state index is -3.84. The summed E-state index contributed by atoms with van der Waals surface area (Å²) in [7, 11) is -2.46. The van der Waals surface area contributed by atoms with Crippen LogP contribution in [-0.2, 0) is 26.2 Å². The second-order valence-electron chi connectivity index (χ2n) is 8.30. The Labute approximate surface area is 197 Å². The van der Waals surface area contributed by atoms with Gasteiger partial charge >= 0.3 is 0 Å². The van der Waals surface area contributed by atoms with Crippen molar-refractivity contribution in [1.29, 1.82) is 0 Å². The second kappa shape index (κ2) is 12.0. The first-order valence-electron chi connectivity index (χ1n) is 11.3. The van der Waals surface area contributed by atoms with E-state index in [-0.39, 0.29) is 23.9 Å². The van der Waals surface area contributed by atoms with E-state index < -0.39 is 22.0 Å². The van der Waals surface area contributed by atoms with Gasteiger partial charge in [-0.15, -0.1) is 0 Å². The predicted octanol–water partition coefficient (Wildman–Crippen LogP) is 3.26. The first-order chi connectivity index (χ1) is 15.6. The summed E-state index contributed by atoms with van der Waals surface area (Å²) in [5, 5.41) is 2.86. The zero-order valence-electron chi connectivity index (χ0n) is 20.2. The van der Waals surface area contributed by atoms with Crippen LogP contribution in [0.1, 0.15) is 43.4 Å². The lowest BCUT2D eigenvalue weighted by Gasteiger charge is -2.32. The van der Waals surface area contributed by atoms with Crippen LogP contribution in [0.3, 0.4) is 0 Å². The maximum absolute atomic E-state index is 13.4. The maximum Gasteiger partial charge on any atom is 0.243 e. The number of rotatable bonds is 11. The third-order valence-electron chi connectivity index (χ3n) is 5.50. The number of amides is 2. The molecule has 2 aromatic carbocycles. The van der Waals surface area contributed by atoms with Crippen LogP contribution >= 0.6 is 0 Å². The Morgan fingerprint density at radius 3 is 2.00 bits per heavy atom. The highest BCUT2D eigenvalue weighted by molar-refractivity contribution is 7.89. The van der Waals surface area contributed by atoms with E-state index in [2.05, 4.69) is 5.32 Å². The van der Waals surface area contributed by atoms with Gasteiger partial charge < -0.3 is 10.2 Å². The van der Waals surface area contributed by atoms with E-state index in [0.29, 0.717) is 13.0 Å². The molecule has 0 bridgehead atoms. The van der Waals surface area contributed by atoms with Crippen LogP contribution in [-0.4, -0.2) is 55.6 Å². The number of likely N-dealkylation sites (N-methyl/N-ethyl adjacent to an activating group) is 1. The van der Waals surface area contributed by atoms with Crippen LogP contribution in [0.15, 0.2) is 53.4 Å². The molecule has 0 aromatic heterocycles. The van der Waals surface area contributed by atoms with Gasteiger partial charge in [0, 0.05) is 20.1 Å². The molecule has 0 fully saturated rings. The molecule has 0 spiro atoms. The van der Waals surface area contributed by atoms with Crippen molar-refractivity contribution in [3.8, 4) is 0 Å². The van der Waals surface area contributed by atoms with E-state index in [0.717, 1.165) is 27.4 Å². The van der Waals surface area contributed by atoms with Crippen molar-refractivity contribution in [2.75, 3.05) is 20.1 Å². The average molecular weight is 474 g/mol. The molecular formula is C25H35N3O4S. The summed E-state index contributed by atoms with van der Waals surface area (Å²) in [4.78, 5) is 27.8. The SMILES string of the molecule is CCCNC(=O)[C@@H](CC)N(Cc1ccc(C)cc1)C(=O)CN(C)S(=O)(=O)c1ccc(C)cc1. The molecule has 0 saturated heterocycles. The van der Waals surface area contributed by atoms with Crippen molar-refractivity contribution in [3.05, 3.63) is 65.2 Å². The normalized spacial score (nSPS) is 12.4. The number of carbonyl (C=O) groups is 2. The first kappa shape index (κ1) is 26.5. The molecule has 2 rings (SSSR count). The van der Waals surface area contributed by atoms with Crippen LogP contribution in [0.4, 0.5) is 0 Å². The highest BCUT2D eigenvalue weighted by atomic mass is 32.2. The third-order valence-corrected chi connectivity index (χ3v) is 7.31. The molecule has 0 radical (unpaired) electrons. The van der Waals surface area contributed by atoms with Crippen molar-refractivity contribution >= 4 is 21.8 Å². The number of hydrogen-bond donors (Lipinski definition) is 1. The Kier molecular flexibility index (Phi) is 9.61. The molecule has 7 nitrogen and oxygen atoms in total. The summed E-state index contributed by atoms with van der Waals surface area (Å²) in [6.45, 7) is 8.03. The van der Waals surface area contributed by atoms with Gasteiger partial charge in [-0.2, -0.15) is 4.31 Å². The highest BCUT2D eigenvalue weighted by Crippen LogP contribution is 2.18. The highest BCUT2D eigenvalue weighted by Gasteiger charge is 2.31. The Bertz CT molecular complexity index is 1030. The van der Waals surface area contributed by atoms with E-state index >= 15 is 0 Å². The Morgan fingerprint density at radius 1 is 0.939 bits per heavy atom. The van der Waals surface area contributed by atoms with Crippen LogP contribution in [0.2, 0.25) is 0 Å². The summed E-state index contributed by atoms with van der Waals surface area (Å²) < 4.78 is 27.0. The predicted molar refractivity (Wildman–Crippen MR) is 130 cm³/mol. The molecule has 8 heteroatoms. The number of hydrogen-bond acceptors (Lipinski definition) is 4. The van der Waals surface area contributed by atoms with Crippen molar-refractivity contribution in [3.63, 3.8) is 0 Å². The second-order valence-corrected chi connectivity index (χ2v) is 10.3. The number of aryl methyl sites for hydroxylation is 2. The molecule has 0 saturated carbocycles. The fraction of sp³-hybridized carbons (Fsp3) is 0.440. The van der Waals surface area contributed by atoms with Crippen LogP contribution < -0.4 is 5.32 Å². The fourth-order valence-electron chi connectivity index (χ4n) is 3.43. The number of benzene rings is 2. The molecule has 0 unspecified atom stereocenters. The van der Waals surface area contributed by atoms with Gasteiger partial charge in [0.25, 0.3) is 0 Å². The smallest absolute Gasteiger partial charge is 0.243 e. The maximum atomic E-state index is 13.4. The molecule has 1 atom stereocenters. The van der Waals surface area contributed by atoms with Crippen molar-refractivity contribution in [1.82, 2.24) is 14.5 Å². The summed E-state index contributed by atoms with van der Waals surface area (Å²) in [5.74, 6) is -0.656. The molecule has 0 aliphatic rings. The van der Waals surface area contributed by atoms with Gasteiger partial charge in [-0.1, -0.05) is 61.4 Å². The monoisotopic (exact) mass is 473 g/mol. The van der Waals surface area contributed by atoms with Gasteiger partial charge in [-0.05, 0) is 44.4 Å². The summed E-state index contributed by atoms with van der Waals surface area (Å²) in [6, 6.07) is 13.5. The lowest BCUT2D eigenvalue weighted by atomic mass is 10.1. The van der Waals surface area contributed by atoms with Crippen molar-refractivity contribution < 1.29 is 18.0 Å². The van der Waals surface area contributed by atoms with Gasteiger partial charge in [0.1, 0.15) is 6.04 Å². The first-order valence-corrected chi connectivity index (χ1v) is 12.7. The summed E-state index contributed by atoms with van der Waals surface area (Å²) in [5.41, 5.74) is 2.91. The van der Waals surface area contributed by atoms with Gasteiger partial charge in [0.15, 0.2) is 0 Å². The van der Waals surface area contributed by atoms with Gasteiger partial charge in [-0.3, -0.25) is 9.59 Å². The number of sulfonamides is 1. The number of carbonyl (C=O) groups excluding carboxylic acids is 2. The minimum absolute atomic E-state index is 0.126. The number of nitrogens with one attached hydrogen (secondary N) is 1. The Morgan fingerprint density at radius 2 is 1.48 bits per heavy atom. The molecule has 0 aliphatic heterocycles. The lowest BCUT2D eigenvalue weighted by molar-refractivity contribution is -0.141. The molecule has 0 heterocycles. The lowest BCUT2D eigenvalue weighted by Crippen LogP contribution is -2.51. The summed E-state index contributed by atoms with van der Waals surface area (Å²) >= 11 is 0. The molecule has 1 N–H and O–H groups in total. The van der Waals surface area contributed by atoms with Gasteiger partial charge in [0.05, 0.1) is 11.4 Å². The van der Waals surface area contributed by atoms with Gasteiger partial charge in [-0.25, -0.2) is 8.42 Å². The molecule has 2 aromatic rings. The largest absolute Gasteiger partial charge is 0.354 e. The molecular weight excluding hydrogens is 438 g/mol. The van der Waals surface area contributed by atoms with Crippen molar-refractivity contribution in [2.24, 2.45) is 0 Å². The minimum Gasteiger partial charge on any atom is -0.354 e. The van der Waals surface area contributed by atoms with Crippen molar-refractivity contribution in [2.45, 2.75) is 58.0 Å².